The van der Waals surface area contributed by atoms with Gasteiger partial charge in [0.1, 0.15) is 23.6 Å². The van der Waals surface area contributed by atoms with Crippen LogP contribution in [0.4, 0.5) is 5.69 Å². The predicted octanol–water partition coefficient (Wildman–Crippen LogP) is 6.05. The molecule has 1 unspecified atom stereocenters. The van der Waals surface area contributed by atoms with Crippen LogP contribution in [0.25, 0.3) is 0 Å². The third-order valence-corrected chi connectivity index (χ3v) is 9.22. The van der Waals surface area contributed by atoms with Crippen LogP contribution in [0, 0.1) is 6.92 Å². The Morgan fingerprint density at radius 2 is 1.79 bits per heavy atom. The first-order valence-corrected chi connectivity index (χ1v) is 14.4. The number of para-hydroxylation sites is 1. The maximum absolute atomic E-state index is 13.8. The summed E-state index contributed by atoms with van der Waals surface area (Å²) in [6.07, 6.45) is 2.15. The van der Waals surface area contributed by atoms with Gasteiger partial charge in [0, 0.05) is 12.0 Å². The Kier molecular flexibility index (Phi) is 8.23. The first kappa shape index (κ1) is 27.8. The molecule has 0 saturated carbocycles. The Morgan fingerprint density at radius 1 is 1.11 bits per heavy atom. The number of benzene rings is 3. The van der Waals surface area contributed by atoms with E-state index in [1.807, 2.05) is 31.2 Å². The zero-order chi connectivity index (χ0) is 27.5. The second kappa shape index (κ2) is 11.3. The number of sulfonamides is 1. The highest BCUT2D eigenvalue weighted by molar-refractivity contribution is 7.92. The number of anilines is 1. The summed E-state index contributed by atoms with van der Waals surface area (Å²) in [5, 5.41) is 3.33. The van der Waals surface area contributed by atoms with E-state index in [2.05, 4.69) is 19.2 Å². The lowest BCUT2D eigenvalue weighted by Gasteiger charge is -2.41. The van der Waals surface area contributed by atoms with Crippen LogP contribution in [-0.4, -0.2) is 33.6 Å². The molecule has 1 aliphatic heterocycles. The van der Waals surface area contributed by atoms with Crippen LogP contribution < -0.4 is 19.1 Å². The van der Waals surface area contributed by atoms with Gasteiger partial charge in [-0.1, -0.05) is 61.3 Å². The molecule has 0 saturated heterocycles. The van der Waals surface area contributed by atoms with E-state index >= 15 is 0 Å². The number of ether oxygens (including phenoxy) is 2. The monoisotopic (exact) mass is 556 g/mol. The smallest absolute Gasteiger partial charge is 0.264 e. The minimum absolute atomic E-state index is 0.0789. The van der Waals surface area contributed by atoms with Gasteiger partial charge in [-0.15, -0.1) is 0 Å². The van der Waals surface area contributed by atoms with E-state index in [0.29, 0.717) is 12.2 Å². The van der Waals surface area contributed by atoms with Crippen LogP contribution in [0.1, 0.15) is 50.3 Å². The number of aryl methyl sites for hydroxylation is 1. The van der Waals surface area contributed by atoms with Gasteiger partial charge in [0.2, 0.25) is 5.91 Å². The lowest BCUT2D eigenvalue weighted by Crippen LogP contribution is -2.47. The summed E-state index contributed by atoms with van der Waals surface area (Å²) in [4.78, 5) is 13.6. The molecule has 7 nitrogen and oxygen atoms in total. The van der Waals surface area contributed by atoms with Gasteiger partial charge in [-0.3, -0.25) is 9.10 Å². The second-order valence-corrected chi connectivity index (χ2v) is 11.8. The third kappa shape index (κ3) is 5.61. The number of carbonyl (C=O) groups is 1. The second-order valence-electron chi connectivity index (χ2n) is 9.50. The molecule has 4 rings (SSSR count). The molecule has 0 bridgehead atoms. The quantitative estimate of drug-likeness (QED) is 0.347. The molecule has 0 aliphatic carbocycles. The topological polar surface area (TPSA) is 84.9 Å². The highest BCUT2D eigenvalue weighted by Crippen LogP contribution is 2.42. The van der Waals surface area contributed by atoms with Crippen LogP contribution in [0.2, 0.25) is 5.02 Å². The molecule has 0 spiro atoms. The van der Waals surface area contributed by atoms with Crippen molar-refractivity contribution in [3.63, 3.8) is 0 Å². The van der Waals surface area contributed by atoms with E-state index in [4.69, 9.17) is 21.1 Å². The Bertz CT molecular complexity index is 1400. The maximum atomic E-state index is 13.8. The Morgan fingerprint density at radius 3 is 2.42 bits per heavy atom. The standard InChI is InChI=1S/C29H33ClN2O5S/c1-5-29(6-2)18-25(23-9-7-8-10-26(23)37-29)31-28(33)19-32(21-13-16-27(36-4)24(30)17-21)38(34,35)22-14-11-20(3)12-15-22/h7-17,25H,5-6,18-19H2,1-4H3,(H,31,33). The third-order valence-electron chi connectivity index (χ3n) is 7.14. The van der Waals surface area contributed by atoms with E-state index < -0.39 is 28.1 Å². The summed E-state index contributed by atoms with van der Waals surface area (Å²) in [6, 6.07) is 18.5. The van der Waals surface area contributed by atoms with Crippen molar-refractivity contribution in [3.8, 4) is 11.5 Å². The molecule has 3 aromatic rings. The number of nitrogens with zero attached hydrogens (tertiary/aromatic N) is 1. The predicted molar refractivity (Wildman–Crippen MR) is 150 cm³/mol. The van der Waals surface area contributed by atoms with Crippen LogP contribution >= 0.6 is 11.6 Å². The Labute approximate surface area is 229 Å². The lowest BCUT2D eigenvalue weighted by molar-refractivity contribution is -0.121. The summed E-state index contributed by atoms with van der Waals surface area (Å²) in [7, 11) is -2.61. The molecule has 202 valence electrons. The molecule has 9 heteroatoms. The van der Waals surface area contributed by atoms with Crippen molar-refractivity contribution in [2.75, 3.05) is 18.0 Å². The number of fused-ring (bicyclic) bond motifs is 1. The highest BCUT2D eigenvalue weighted by Gasteiger charge is 2.39. The van der Waals surface area contributed by atoms with Crippen molar-refractivity contribution in [3.05, 3.63) is 82.9 Å². The van der Waals surface area contributed by atoms with Gasteiger partial charge in [0.15, 0.2) is 0 Å². The molecule has 38 heavy (non-hydrogen) atoms. The summed E-state index contributed by atoms with van der Waals surface area (Å²) < 4.78 is 40.2. The first-order valence-electron chi connectivity index (χ1n) is 12.6. The summed E-state index contributed by atoms with van der Waals surface area (Å²) >= 11 is 6.34. The van der Waals surface area contributed by atoms with E-state index in [1.165, 1.54) is 25.3 Å². The molecule has 0 fully saturated rings. The van der Waals surface area contributed by atoms with Crippen molar-refractivity contribution in [1.29, 1.82) is 0 Å². The van der Waals surface area contributed by atoms with Crippen molar-refractivity contribution in [1.82, 2.24) is 5.32 Å². The molecule has 1 atom stereocenters. The highest BCUT2D eigenvalue weighted by atomic mass is 35.5. The lowest BCUT2D eigenvalue weighted by atomic mass is 9.83. The largest absolute Gasteiger partial charge is 0.495 e. The van der Waals surface area contributed by atoms with Crippen molar-refractivity contribution < 1.29 is 22.7 Å². The number of hydrogen-bond donors (Lipinski definition) is 1. The minimum atomic E-state index is -4.09. The van der Waals surface area contributed by atoms with Gasteiger partial charge < -0.3 is 14.8 Å². The fraction of sp³-hybridized carbons (Fsp3) is 0.345. The molecule has 0 radical (unpaired) electrons. The molecular weight excluding hydrogens is 524 g/mol. The zero-order valence-corrected chi connectivity index (χ0v) is 23.6. The van der Waals surface area contributed by atoms with Gasteiger partial charge in [0.05, 0.1) is 28.8 Å². The number of methoxy groups -OCH3 is 1. The molecule has 1 N–H and O–H groups in total. The summed E-state index contributed by atoms with van der Waals surface area (Å²) in [5.74, 6) is 0.705. The fourth-order valence-corrected chi connectivity index (χ4v) is 6.43. The fourth-order valence-electron chi connectivity index (χ4n) is 4.76. The average Bonchev–Trinajstić information content (AvgIpc) is 2.91. The van der Waals surface area contributed by atoms with Crippen molar-refractivity contribution in [2.24, 2.45) is 0 Å². The molecule has 1 heterocycles. The minimum Gasteiger partial charge on any atom is -0.495 e. The SMILES string of the molecule is CCC1(CC)CC(NC(=O)CN(c2ccc(OC)c(Cl)c2)S(=O)(=O)c2ccc(C)cc2)c2ccccc2O1. The number of rotatable bonds is 9. The van der Waals surface area contributed by atoms with Crippen LogP contribution in [0.5, 0.6) is 11.5 Å². The van der Waals surface area contributed by atoms with E-state index in [-0.39, 0.29) is 21.6 Å². The van der Waals surface area contributed by atoms with Gasteiger partial charge >= 0.3 is 0 Å². The normalized spacial score (nSPS) is 16.2. The van der Waals surface area contributed by atoms with Crippen LogP contribution in [0.15, 0.2) is 71.6 Å². The van der Waals surface area contributed by atoms with Crippen LogP contribution in [0.3, 0.4) is 0 Å². The van der Waals surface area contributed by atoms with Gasteiger partial charge in [0.25, 0.3) is 10.0 Å². The number of amides is 1. The van der Waals surface area contributed by atoms with Gasteiger partial charge in [-0.2, -0.15) is 0 Å². The van der Waals surface area contributed by atoms with Crippen molar-refractivity contribution >= 4 is 33.2 Å². The number of carbonyl (C=O) groups excluding carboxylic acids is 1. The Hall–Kier alpha value is -3.23. The number of hydrogen-bond acceptors (Lipinski definition) is 5. The van der Waals surface area contributed by atoms with E-state index in [0.717, 1.165) is 34.0 Å². The molecule has 1 aliphatic rings. The number of halogens is 1. The molecular formula is C29H33ClN2O5S. The number of nitrogens with one attached hydrogen (secondary N) is 1. The first-order chi connectivity index (χ1) is 18.1. The van der Waals surface area contributed by atoms with Crippen LogP contribution in [-0.2, 0) is 14.8 Å². The maximum Gasteiger partial charge on any atom is 0.264 e. The Balaban J connectivity index is 1.68. The molecule has 3 aromatic carbocycles. The van der Waals surface area contributed by atoms with E-state index in [9.17, 15) is 13.2 Å². The summed E-state index contributed by atoms with van der Waals surface area (Å²) in [6.45, 7) is 5.59. The molecule has 0 aromatic heterocycles. The van der Waals surface area contributed by atoms with Gasteiger partial charge in [-0.25, -0.2) is 8.42 Å². The molecule has 1 amide bonds. The summed E-state index contributed by atoms with van der Waals surface area (Å²) in [5.41, 5.74) is 1.65. The zero-order valence-electron chi connectivity index (χ0n) is 22.0. The van der Waals surface area contributed by atoms with Gasteiger partial charge in [-0.05, 0) is 56.2 Å². The van der Waals surface area contributed by atoms with E-state index in [1.54, 1.807) is 24.3 Å². The van der Waals surface area contributed by atoms with Crippen molar-refractivity contribution in [2.45, 2.75) is 56.6 Å². The average molecular weight is 557 g/mol.